The number of aryl methyl sites for hydroxylation is 1. The van der Waals surface area contributed by atoms with Gasteiger partial charge in [-0.25, -0.2) is 9.59 Å². The first kappa shape index (κ1) is 20.1. The molecular formula is C24H22O5. The summed E-state index contributed by atoms with van der Waals surface area (Å²) in [4.78, 5) is 24.0. The normalized spacial score (nSPS) is 10.2. The Balaban J connectivity index is 1.44. The van der Waals surface area contributed by atoms with Gasteiger partial charge in [0.25, 0.3) is 0 Å². The average molecular weight is 390 g/mol. The van der Waals surface area contributed by atoms with Gasteiger partial charge in [0.2, 0.25) is 0 Å². The molecule has 3 aromatic rings. The van der Waals surface area contributed by atoms with Gasteiger partial charge in [0.15, 0.2) is 6.61 Å². The quantitative estimate of drug-likeness (QED) is 0.422. The van der Waals surface area contributed by atoms with Crippen molar-refractivity contribution in [1.29, 1.82) is 0 Å². The Morgan fingerprint density at radius 1 is 0.828 bits per heavy atom. The SMILES string of the molecule is Cc1cccc(OCC(=O)Oc2ccc(C(=O)OCCc3ccccc3)cc2)c1. The first-order valence-electron chi connectivity index (χ1n) is 9.31. The fraction of sp³-hybridized carbons (Fsp3) is 0.167. The Labute approximate surface area is 169 Å². The summed E-state index contributed by atoms with van der Waals surface area (Å²) in [6.07, 6.45) is 0.656. The standard InChI is InChI=1S/C24H22O5/c1-18-6-5-9-22(16-18)28-17-23(25)29-21-12-10-20(11-13-21)24(26)27-15-14-19-7-3-2-4-8-19/h2-13,16H,14-15,17H2,1H3. The number of hydrogen-bond acceptors (Lipinski definition) is 5. The van der Waals surface area contributed by atoms with Crippen LogP contribution in [-0.4, -0.2) is 25.2 Å². The fourth-order valence-corrected chi connectivity index (χ4v) is 2.66. The fourth-order valence-electron chi connectivity index (χ4n) is 2.66. The Kier molecular flexibility index (Phi) is 7.00. The molecule has 0 unspecified atom stereocenters. The lowest BCUT2D eigenvalue weighted by Gasteiger charge is -2.08. The van der Waals surface area contributed by atoms with Gasteiger partial charge < -0.3 is 14.2 Å². The second-order valence-corrected chi connectivity index (χ2v) is 6.48. The van der Waals surface area contributed by atoms with Crippen LogP contribution in [0, 0.1) is 6.92 Å². The van der Waals surface area contributed by atoms with E-state index in [1.165, 1.54) is 0 Å². The Hall–Kier alpha value is -3.60. The zero-order valence-corrected chi connectivity index (χ0v) is 16.2. The summed E-state index contributed by atoms with van der Waals surface area (Å²) in [6.45, 7) is 2.04. The van der Waals surface area contributed by atoms with Gasteiger partial charge in [-0.2, -0.15) is 0 Å². The van der Waals surface area contributed by atoms with Crippen LogP contribution < -0.4 is 9.47 Å². The minimum atomic E-state index is -0.523. The zero-order chi connectivity index (χ0) is 20.5. The van der Waals surface area contributed by atoms with E-state index >= 15 is 0 Å². The number of ether oxygens (including phenoxy) is 3. The molecule has 0 N–H and O–H groups in total. The lowest BCUT2D eigenvalue weighted by atomic mass is 10.2. The topological polar surface area (TPSA) is 61.8 Å². The van der Waals surface area contributed by atoms with Gasteiger partial charge in [0, 0.05) is 6.42 Å². The Morgan fingerprint density at radius 2 is 1.59 bits per heavy atom. The summed E-state index contributed by atoms with van der Waals surface area (Å²) in [7, 11) is 0. The third-order valence-corrected chi connectivity index (χ3v) is 4.13. The monoisotopic (exact) mass is 390 g/mol. The minimum Gasteiger partial charge on any atom is -0.482 e. The molecule has 0 saturated heterocycles. The summed E-state index contributed by atoms with van der Waals surface area (Å²) in [6, 6.07) is 23.5. The van der Waals surface area contributed by atoms with Gasteiger partial charge in [-0.1, -0.05) is 42.5 Å². The van der Waals surface area contributed by atoms with E-state index in [0.717, 1.165) is 11.1 Å². The van der Waals surface area contributed by atoms with E-state index < -0.39 is 11.9 Å². The van der Waals surface area contributed by atoms with E-state index in [4.69, 9.17) is 14.2 Å². The number of benzene rings is 3. The van der Waals surface area contributed by atoms with Gasteiger partial charge in [-0.15, -0.1) is 0 Å². The summed E-state index contributed by atoms with van der Waals surface area (Å²) >= 11 is 0. The molecule has 0 amide bonds. The second kappa shape index (κ2) is 10.1. The highest BCUT2D eigenvalue weighted by molar-refractivity contribution is 5.89. The minimum absolute atomic E-state index is 0.202. The van der Waals surface area contributed by atoms with Crippen LogP contribution in [0.1, 0.15) is 21.5 Å². The molecule has 3 rings (SSSR count). The largest absolute Gasteiger partial charge is 0.482 e. The molecule has 0 aliphatic rings. The molecular weight excluding hydrogens is 368 g/mol. The average Bonchev–Trinajstić information content (AvgIpc) is 2.73. The van der Waals surface area contributed by atoms with Crippen molar-refractivity contribution in [3.8, 4) is 11.5 Å². The molecule has 0 heterocycles. The molecule has 5 nitrogen and oxygen atoms in total. The predicted octanol–water partition coefficient (Wildman–Crippen LogP) is 4.38. The van der Waals surface area contributed by atoms with Crippen molar-refractivity contribution in [3.05, 3.63) is 95.6 Å². The van der Waals surface area contributed by atoms with Crippen molar-refractivity contribution in [2.75, 3.05) is 13.2 Å². The van der Waals surface area contributed by atoms with Crippen LogP contribution >= 0.6 is 0 Å². The molecule has 3 aromatic carbocycles. The molecule has 0 atom stereocenters. The molecule has 5 heteroatoms. The third kappa shape index (κ3) is 6.50. The number of esters is 2. The predicted molar refractivity (Wildman–Crippen MR) is 109 cm³/mol. The van der Waals surface area contributed by atoms with Crippen molar-refractivity contribution < 1.29 is 23.8 Å². The molecule has 0 aliphatic carbocycles. The molecule has 0 spiro atoms. The van der Waals surface area contributed by atoms with E-state index in [9.17, 15) is 9.59 Å². The first-order chi connectivity index (χ1) is 14.1. The van der Waals surface area contributed by atoms with E-state index in [1.54, 1.807) is 30.3 Å². The van der Waals surface area contributed by atoms with Crippen molar-refractivity contribution in [2.45, 2.75) is 13.3 Å². The van der Waals surface area contributed by atoms with E-state index in [0.29, 0.717) is 30.1 Å². The van der Waals surface area contributed by atoms with Crippen molar-refractivity contribution in [1.82, 2.24) is 0 Å². The van der Waals surface area contributed by atoms with Crippen LogP contribution in [0.5, 0.6) is 11.5 Å². The maximum atomic E-state index is 12.1. The van der Waals surface area contributed by atoms with Gasteiger partial charge in [-0.05, 0) is 54.4 Å². The number of hydrogen-bond donors (Lipinski definition) is 0. The van der Waals surface area contributed by atoms with Crippen LogP contribution in [0.2, 0.25) is 0 Å². The van der Waals surface area contributed by atoms with Gasteiger partial charge in [0.05, 0.1) is 12.2 Å². The van der Waals surface area contributed by atoms with Crippen LogP contribution in [-0.2, 0) is 16.0 Å². The van der Waals surface area contributed by atoms with Gasteiger partial charge >= 0.3 is 11.9 Å². The first-order valence-corrected chi connectivity index (χ1v) is 9.31. The third-order valence-electron chi connectivity index (χ3n) is 4.13. The lowest BCUT2D eigenvalue weighted by Crippen LogP contribution is -2.17. The highest BCUT2D eigenvalue weighted by Crippen LogP contribution is 2.15. The van der Waals surface area contributed by atoms with Crippen LogP contribution in [0.25, 0.3) is 0 Å². The Bertz CT molecular complexity index is 949. The molecule has 0 radical (unpaired) electrons. The maximum Gasteiger partial charge on any atom is 0.349 e. The summed E-state index contributed by atoms with van der Waals surface area (Å²) in [5.74, 6) is 0.00510. The van der Waals surface area contributed by atoms with Crippen LogP contribution in [0.3, 0.4) is 0 Å². The molecule has 0 saturated carbocycles. The smallest absolute Gasteiger partial charge is 0.349 e. The second-order valence-electron chi connectivity index (χ2n) is 6.48. The number of carbonyl (C=O) groups excluding carboxylic acids is 2. The molecule has 0 bridgehead atoms. The number of carbonyl (C=O) groups is 2. The Morgan fingerprint density at radius 3 is 2.31 bits per heavy atom. The van der Waals surface area contributed by atoms with E-state index in [2.05, 4.69) is 0 Å². The van der Waals surface area contributed by atoms with Crippen molar-refractivity contribution in [3.63, 3.8) is 0 Å². The van der Waals surface area contributed by atoms with Gasteiger partial charge in [0.1, 0.15) is 11.5 Å². The molecule has 0 aliphatic heterocycles. The molecule has 148 valence electrons. The van der Waals surface area contributed by atoms with Crippen LogP contribution in [0.4, 0.5) is 0 Å². The molecule has 29 heavy (non-hydrogen) atoms. The summed E-state index contributed by atoms with van der Waals surface area (Å²) in [5, 5.41) is 0. The van der Waals surface area contributed by atoms with Crippen molar-refractivity contribution >= 4 is 11.9 Å². The summed E-state index contributed by atoms with van der Waals surface area (Å²) < 4.78 is 15.9. The number of rotatable bonds is 8. The summed E-state index contributed by atoms with van der Waals surface area (Å²) in [5.41, 5.74) is 2.55. The highest BCUT2D eigenvalue weighted by atomic mass is 16.6. The van der Waals surface area contributed by atoms with E-state index in [-0.39, 0.29) is 6.61 Å². The molecule has 0 aromatic heterocycles. The van der Waals surface area contributed by atoms with E-state index in [1.807, 2.05) is 55.5 Å². The van der Waals surface area contributed by atoms with Crippen LogP contribution in [0.15, 0.2) is 78.9 Å². The zero-order valence-electron chi connectivity index (χ0n) is 16.2. The highest BCUT2D eigenvalue weighted by Gasteiger charge is 2.10. The molecule has 0 fully saturated rings. The lowest BCUT2D eigenvalue weighted by molar-refractivity contribution is -0.136. The van der Waals surface area contributed by atoms with Crippen molar-refractivity contribution in [2.24, 2.45) is 0 Å². The maximum absolute atomic E-state index is 12.1. The van der Waals surface area contributed by atoms with Gasteiger partial charge in [-0.3, -0.25) is 0 Å².